The molecule has 1 aliphatic heterocycles. The minimum atomic E-state index is 0.185. The van der Waals surface area contributed by atoms with E-state index in [9.17, 15) is 4.79 Å². The standard InChI is InChI=1S/C13H21N3O2/c1-10-8-15(2)13(14-10)11-4-6-16(9-11)12(17)5-7-18-3/h8,11H,4-7,9H2,1-3H3. The third kappa shape index (κ3) is 2.72. The van der Waals surface area contributed by atoms with E-state index in [-0.39, 0.29) is 5.91 Å². The van der Waals surface area contributed by atoms with E-state index < -0.39 is 0 Å². The molecule has 2 rings (SSSR count). The van der Waals surface area contributed by atoms with Crippen molar-refractivity contribution in [3.63, 3.8) is 0 Å². The molecular weight excluding hydrogens is 230 g/mol. The lowest BCUT2D eigenvalue weighted by Crippen LogP contribution is -2.29. The largest absolute Gasteiger partial charge is 0.384 e. The van der Waals surface area contributed by atoms with Crippen molar-refractivity contribution in [1.82, 2.24) is 14.5 Å². The molecule has 1 aliphatic rings. The van der Waals surface area contributed by atoms with Gasteiger partial charge in [0.05, 0.1) is 18.7 Å². The highest BCUT2D eigenvalue weighted by atomic mass is 16.5. The van der Waals surface area contributed by atoms with Gasteiger partial charge in [0.2, 0.25) is 5.91 Å². The number of rotatable bonds is 4. The summed E-state index contributed by atoms with van der Waals surface area (Å²) in [5.74, 6) is 1.65. The molecule has 0 aliphatic carbocycles. The Labute approximate surface area is 108 Å². The Morgan fingerprint density at radius 2 is 2.39 bits per heavy atom. The molecule has 5 heteroatoms. The van der Waals surface area contributed by atoms with Gasteiger partial charge in [-0.05, 0) is 13.3 Å². The van der Waals surface area contributed by atoms with Crippen LogP contribution in [0.15, 0.2) is 6.20 Å². The summed E-state index contributed by atoms with van der Waals surface area (Å²) in [6, 6.07) is 0. The van der Waals surface area contributed by atoms with Gasteiger partial charge in [-0.25, -0.2) is 4.98 Å². The zero-order valence-corrected chi connectivity index (χ0v) is 11.3. The molecule has 18 heavy (non-hydrogen) atoms. The van der Waals surface area contributed by atoms with Gasteiger partial charge in [-0.2, -0.15) is 0 Å². The van der Waals surface area contributed by atoms with Crippen LogP contribution in [0, 0.1) is 6.92 Å². The SMILES string of the molecule is COCCC(=O)N1CCC(c2nc(C)cn2C)C1. The Morgan fingerprint density at radius 1 is 1.61 bits per heavy atom. The predicted octanol–water partition coefficient (Wildman–Crippen LogP) is 1.08. The summed E-state index contributed by atoms with van der Waals surface area (Å²) in [4.78, 5) is 18.4. The molecule has 1 amide bonds. The van der Waals surface area contributed by atoms with E-state index in [1.807, 2.05) is 25.1 Å². The third-order valence-corrected chi connectivity index (χ3v) is 3.46. The van der Waals surface area contributed by atoms with Crippen molar-refractivity contribution >= 4 is 5.91 Å². The number of hydrogen-bond acceptors (Lipinski definition) is 3. The van der Waals surface area contributed by atoms with Crippen LogP contribution in [0.3, 0.4) is 0 Å². The lowest BCUT2D eigenvalue weighted by Gasteiger charge is -2.16. The van der Waals surface area contributed by atoms with Crippen LogP contribution in [0.5, 0.6) is 0 Å². The Bertz CT molecular complexity index is 428. The van der Waals surface area contributed by atoms with E-state index in [0.29, 0.717) is 18.9 Å². The van der Waals surface area contributed by atoms with Gasteiger partial charge in [0.15, 0.2) is 0 Å². The zero-order chi connectivity index (χ0) is 13.1. The van der Waals surface area contributed by atoms with Gasteiger partial charge in [-0.3, -0.25) is 4.79 Å². The summed E-state index contributed by atoms with van der Waals surface area (Å²) in [5.41, 5.74) is 1.04. The molecule has 0 spiro atoms. The zero-order valence-electron chi connectivity index (χ0n) is 11.3. The smallest absolute Gasteiger partial charge is 0.224 e. The number of likely N-dealkylation sites (tertiary alicyclic amines) is 1. The highest BCUT2D eigenvalue weighted by molar-refractivity contribution is 5.76. The van der Waals surface area contributed by atoms with Gasteiger partial charge in [0, 0.05) is 39.4 Å². The highest BCUT2D eigenvalue weighted by Gasteiger charge is 2.29. The summed E-state index contributed by atoms with van der Waals surface area (Å²) < 4.78 is 7.01. The number of hydrogen-bond donors (Lipinski definition) is 0. The molecule has 1 unspecified atom stereocenters. The molecule has 0 aromatic carbocycles. The van der Waals surface area contributed by atoms with Gasteiger partial charge in [-0.15, -0.1) is 0 Å². The van der Waals surface area contributed by atoms with Crippen molar-refractivity contribution in [2.24, 2.45) is 7.05 Å². The fourth-order valence-corrected chi connectivity index (χ4v) is 2.56. The topological polar surface area (TPSA) is 47.4 Å². The molecule has 100 valence electrons. The third-order valence-electron chi connectivity index (χ3n) is 3.46. The fourth-order valence-electron chi connectivity index (χ4n) is 2.56. The van der Waals surface area contributed by atoms with Gasteiger partial charge in [-0.1, -0.05) is 0 Å². The van der Waals surface area contributed by atoms with Gasteiger partial charge in [0.25, 0.3) is 0 Å². The van der Waals surface area contributed by atoms with Crippen molar-refractivity contribution in [1.29, 1.82) is 0 Å². The molecule has 0 saturated carbocycles. The molecule has 0 radical (unpaired) electrons. The van der Waals surface area contributed by atoms with E-state index in [2.05, 4.69) is 9.55 Å². The average Bonchev–Trinajstić information content (AvgIpc) is 2.92. The summed E-state index contributed by atoms with van der Waals surface area (Å²) in [6.07, 6.45) is 3.51. The second kappa shape index (κ2) is 5.52. The minimum Gasteiger partial charge on any atom is -0.384 e. The normalized spacial score (nSPS) is 19.5. The second-order valence-corrected chi connectivity index (χ2v) is 4.92. The first-order valence-corrected chi connectivity index (χ1v) is 6.38. The van der Waals surface area contributed by atoms with E-state index in [4.69, 9.17) is 4.74 Å². The van der Waals surface area contributed by atoms with Gasteiger partial charge in [0.1, 0.15) is 5.82 Å². The number of ether oxygens (including phenoxy) is 1. The Morgan fingerprint density at radius 3 is 3.00 bits per heavy atom. The molecule has 1 aromatic rings. The minimum absolute atomic E-state index is 0.185. The van der Waals surface area contributed by atoms with Crippen LogP contribution in [0.25, 0.3) is 0 Å². The lowest BCUT2D eigenvalue weighted by molar-refractivity contribution is -0.131. The molecular formula is C13H21N3O2. The Kier molecular flexibility index (Phi) is 4.01. The van der Waals surface area contributed by atoms with Crippen molar-refractivity contribution in [2.75, 3.05) is 26.8 Å². The number of carbonyl (C=O) groups excluding carboxylic acids is 1. The Balaban J connectivity index is 1.96. The molecule has 0 N–H and O–H groups in total. The van der Waals surface area contributed by atoms with Crippen LogP contribution >= 0.6 is 0 Å². The monoisotopic (exact) mass is 251 g/mol. The van der Waals surface area contributed by atoms with E-state index in [0.717, 1.165) is 31.0 Å². The van der Waals surface area contributed by atoms with Crippen molar-refractivity contribution in [3.05, 3.63) is 17.7 Å². The highest BCUT2D eigenvalue weighted by Crippen LogP contribution is 2.26. The van der Waals surface area contributed by atoms with Gasteiger partial charge < -0.3 is 14.2 Å². The number of imidazole rings is 1. The van der Waals surface area contributed by atoms with Crippen LogP contribution in [0.1, 0.15) is 30.3 Å². The maximum Gasteiger partial charge on any atom is 0.224 e. The average molecular weight is 251 g/mol. The van der Waals surface area contributed by atoms with Crippen molar-refractivity contribution in [3.8, 4) is 0 Å². The van der Waals surface area contributed by atoms with Crippen LogP contribution in [0.2, 0.25) is 0 Å². The predicted molar refractivity (Wildman–Crippen MR) is 68.4 cm³/mol. The van der Waals surface area contributed by atoms with Crippen LogP contribution in [-0.4, -0.2) is 47.2 Å². The summed E-state index contributed by atoms with van der Waals surface area (Å²) >= 11 is 0. The quantitative estimate of drug-likeness (QED) is 0.804. The number of nitrogens with zero attached hydrogens (tertiary/aromatic N) is 3. The first-order valence-electron chi connectivity index (χ1n) is 6.38. The molecule has 0 bridgehead atoms. The number of carbonyl (C=O) groups is 1. The Hall–Kier alpha value is -1.36. The first kappa shape index (κ1) is 13.1. The van der Waals surface area contributed by atoms with Crippen molar-refractivity contribution in [2.45, 2.75) is 25.7 Å². The molecule has 1 fully saturated rings. The van der Waals surface area contributed by atoms with Crippen LogP contribution in [-0.2, 0) is 16.6 Å². The number of methoxy groups -OCH3 is 1. The number of aryl methyl sites for hydroxylation is 2. The number of amides is 1. The molecule has 1 atom stereocenters. The van der Waals surface area contributed by atoms with Crippen molar-refractivity contribution < 1.29 is 9.53 Å². The van der Waals surface area contributed by atoms with Crippen LogP contribution in [0.4, 0.5) is 0 Å². The van der Waals surface area contributed by atoms with E-state index in [1.54, 1.807) is 7.11 Å². The van der Waals surface area contributed by atoms with E-state index >= 15 is 0 Å². The molecule has 1 aromatic heterocycles. The maximum absolute atomic E-state index is 11.9. The number of aromatic nitrogens is 2. The maximum atomic E-state index is 11.9. The molecule has 1 saturated heterocycles. The summed E-state index contributed by atoms with van der Waals surface area (Å²) in [6.45, 7) is 4.12. The summed E-state index contributed by atoms with van der Waals surface area (Å²) in [7, 11) is 3.64. The molecule has 5 nitrogen and oxygen atoms in total. The van der Waals surface area contributed by atoms with Gasteiger partial charge >= 0.3 is 0 Å². The van der Waals surface area contributed by atoms with E-state index in [1.165, 1.54) is 0 Å². The first-order chi connectivity index (χ1) is 8.61. The fraction of sp³-hybridized carbons (Fsp3) is 0.692. The second-order valence-electron chi connectivity index (χ2n) is 4.92. The van der Waals surface area contributed by atoms with Crippen LogP contribution < -0.4 is 0 Å². The lowest BCUT2D eigenvalue weighted by atomic mass is 10.1. The molecule has 2 heterocycles. The summed E-state index contributed by atoms with van der Waals surface area (Å²) in [5, 5.41) is 0.